The minimum Gasteiger partial charge on any atom is -0.396 e. The molecule has 1 heterocycles. The van der Waals surface area contributed by atoms with Gasteiger partial charge in [0, 0.05) is 18.8 Å². The van der Waals surface area contributed by atoms with Crippen molar-refractivity contribution in [1.29, 1.82) is 0 Å². The van der Waals surface area contributed by atoms with Crippen LogP contribution in [-0.4, -0.2) is 30.9 Å². The Morgan fingerprint density at radius 3 is 2.67 bits per heavy atom. The van der Waals surface area contributed by atoms with Crippen LogP contribution in [0.2, 0.25) is 0 Å². The second kappa shape index (κ2) is 6.82. The number of aliphatic hydroxyl groups excluding tert-OH is 1. The third-order valence-corrected chi connectivity index (χ3v) is 4.38. The van der Waals surface area contributed by atoms with Gasteiger partial charge in [-0.2, -0.15) is 0 Å². The lowest BCUT2D eigenvalue weighted by molar-refractivity contribution is 0.295. The van der Waals surface area contributed by atoms with Crippen molar-refractivity contribution >= 4 is 9.84 Å². The predicted octanol–water partition coefficient (Wildman–Crippen LogP) is 1.04. The Bertz CT molecular complexity index is 457. The van der Waals surface area contributed by atoms with E-state index in [1.165, 1.54) is 12.3 Å². The summed E-state index contributed by atoms with van der Waals surface area (Å²) in [5.41, 5.74) is 6.77. The van der Waals surface area contributed by atoms with Crippen LogP contribution in [0.25, 0.3) is 0 Å². The van der Waals surface area contributed by atoms with Gasteiger partial charge in [0.2, 0.25) is 0 Å². The molecule has 0 fully saturated rings. The highest BCUT2D eigenvalue weighted by atomic mass is 32.2. The maximum Gasteiger partial charge on any atom is 0.195 e. The normalized spacial score (nSPS) is 13.5. The molecule has 0 spiro atoms. The first-order valence-electron chi connectivity index (χ1n) is 6.06. The first kappa shape index (κ1) is 15.1. The smallest absolute Gasteiger partial charge is 0.195 e. The summed E-state index contributed by atoms with van der Waals surface area (Å²) < 4.78 is 23.6. The van der Waals surface area contributed by atoms with Gasteiger partial charge in [0.1, 0.15) is 0 Å². The molecule has 102 valence electrons. The number of nitrogens with two attached hydrogens (primary N) is 1. The summed E-state index contributed by atoms with van der Waals surface area (Å²) in [6.07, 6.45) is 3.56. The van der Waals surface area contributed by atoms with Crippen molar-refractivity contribution in [2.45, 2.75) is 37.3 Å². The molecule has 0 aromatic carbocycles. The first-order valence-corrected chi connectivity index (χ1v) is 7.71. The summed E-state index contributed by atoms with van der Waals surface area (Å²) in [5.74, 6) is -0.0864. The van der Waals surface area contributed by atoms with Crippen LogP contribution in [-0.2, 0) is 9.84 Å². The molecule has 1 rings (SSSR count). The van der Waals surface area contributed by atoms with Crippen molar-refractivity contribution in [3.8, 4) is 0 Å². The molecule has 1 aromatic rings. The van der Waals surface area contributed by atoms with E-state index in [2.05, 4.69) is 4.98 Å². The van der Waals surface area contributed by atoms with E-state index >= 15 is 0 Å². The largest absolute Gasteiger partial charge is 0.396 e. The molecule has 5 nitrogen and oxygen atoms in total. The highest BCUT2D eigenvalue weighted by molar-refractivity contribution is 7.91. The number of hydrogen-bond acceptors (Lipinski definition) is 5. The zero-order valence-electron chi connectivity index (χ0n) is 10.5. The van der Waals surface area contributed by atoms with Gasteiger partial charge in [0.05, 0.1) is 5.75 Å². The first-order chi connectivity index (χ1) is 8.51. The third kappa shape index (κ3) is 4.04. The van der Waals surface area contributed by atoms with E-state index in [-0.39, 0.29) is 29.8 Å². The van der Waals surface area contributed by atoms with Crippen molar-refractivity contribution in [1.82, 2.24) is 4.98 Å². The van der Waals surface area contributed by atoms with E-state index < -0.39 is 9.84 Å². The number of hydrogen-bond donors (Lipinski definition) is 2. The Labute approximate surface area is 108 Å². The topological polar surface area (TPSA) is 93.3 Å². The Balaban J connectivity index is 2.82. The zero-order chi connectivity index (χ0) is 13.6. The Morgan fingerprint density at radius 2 is 2.17 bits per heavy atom. The second-order valence-corrected chi connectivity index (χ2v) is 6.28. The van der Waals surface area contributed by atoms with Gasteiger partial charge in [-0.1, -0.05) is 19.4 Å². The summed E-state index contributed by atoms with van der Waals surface area (Å²) in [6, 6.07) is 3.09. The lowest BCUT2D eigenvalue weighted by atomic mass is 10.1. The van der Waals surface area contributed by atoms with Gasteiger partial charge in [0.25, 0.3) is 0 Å². The van der Waals surface area contributed by atoms with Crippen molar-refractivity contribution < 1.29 is 13.5 Å². The summed E-state index contributed by atoms with van der Waals surface area (Å²) in [5, 5.41) is 8.70. The number of sulfone groups is 1. The SMILES string of the molecule is CCCC(N)c1ccc(S(=O)(=O)CCCO)nc1. The van der Waals surface area contributed by atoms with Crippen LogP contribution in [0.3, 0.4) is 0 Å². The third-order valence-electron chi connectivity index (χ3n) is 2.68. The van der Waals surface area contributed by atoms with Crippen molar-refractivity contribution in [2.75, 3.05) is 12.4 Å². The van der Waals surface area contributed by atoms with E-state index in [0.29, 0.717) is 0 Å². The van der Waals surface area contributed by atoms with E-state index in [1.807, 2.05) is 6.92 Å². The molecule has 3 N–H and O–H groups in total. The molecular formula is C12H20N2O3S. The lowest BCUT2D eigenvalue weighted by Crippen LogP contribution is -2.13. The molecule has 1 aromatic heterocycles. The Kier molecular flexibility index (Phi) is 5.71. The molecule has 0 saturated carbocycles. The molecular weight excluding hydrogens is 252 g/mol. The molecule has 1 unspecified atom stereocenters. The average Bonchev–Trinajstić information content (AvgIpc) is 2.37. The monoisotopic (exact) mass is 272 g/mol. The molecule has 0 aliphatic heterocycles. The van der Waals surface area contributed by atoms with Crippen LogP contribution in [0.5, 0.6) is 0 Å². The molecule has 1 atom stereocenters. The van der Waals surface area contributed by atoms with Gasteiger partial charge in [-0.3, -0.25) is 0 Å². The van der Waals surface area contributed by atoms with E-state index in [0.717, 1.165) is 18.4 Å². The van der Waals surface area contributed by atoms with Crippen LogP contribution in [0, 0.1) is 0 Å². The highest BCUT2D eigenvalue weighted by Crippen LogP contribution is 2.17. The quantitative estimate of drug-likeness (QED) is 0.773. The van der Waals surface area contributed by atoms with Crippen molar-refractivity contribution in [3.63, 3.8) is 0 Å². The number of pyridine rings is 1. The van der Waals surface area contributed by atoms with Gasteiger partial charge in [-0.25, -0.2) is 13.4 Å². The fourth-order valence-electron chi connectivity index (χ4n) is 1.63. The van der Waals surface area contributed by atoms with Crippen LogP contribution in [0.4, 0.5) is 0 Å². The van der Waals surface area contributed by atoms with Crippen LogP contribution in [0.1, 0.15) is 37.8 Å². The number of nitrogens with zero attached hydrogens (tertiary/aromatic N) is 1. The molecule has 0 saturated heterocycles. The minimum absolute atomic E-state index is 0.0448. The molecule has 0 bridgehead atoms. The fraction of sp³-hybridized carbons (Fsp3) is 0.583. The number of rotatable bonds is 7. The van der Waals surface area contributed by atoms with Gasteiger partial charge in [0.15, 0.2) is 14.9 Å². The van der Waals surface area contributed by atoms with Gasteiger partial charge < -0.3 is 10.8 Å². The number of aromatic nitrogens is 1. The maximum absolute atomic E-state index is 11.8. The highest BCUT2D eigenvalue weighted by Gasteiger charge is 2.16. The summed E-state index contributed by atoms with van der Waals surface area (Å²) in [4.78, 5) is 3.96. The second-order valence-electron chi connectivity index (χ2n) is 4.22. The van der Waals surface area contributed by atoms with Crippen LogP contribution < -0.4 is 5.73 Å². The van der Waals surface area contributed by atoms with E-state index in [4.69, 9.17) is 10.8 Å². The van der Waals surface area contributed by atoms with Gasteiger partial charge in [-0.15, -0.1) is 0 Å². The molecule has 18 heavy (non-hydrogen) atoms. The molecule has 6 heteroatoms. The Morgan fingerprint density at radius 1 is 1.44 bits per heavy atom. The standard InChI is InChI=1S/C12H20N2O3S/c1-2-4-11(13)10-5-6-12(14-9-10)18(16,17)8-3-7-15/h5-6,9,11,15H,2-4,7-8,13H2,1H3. The van der Waals surface area contributed by atoms with Crippen LogP contribution in [0.15, 0.2) is 23.4 Å². The molecule has 0 amide bonds. The molecule has 0 aliphatic rings. The lowest BCUT2D eigenvalue weighted by Gasteiger charge is -2.10. The van der Waals surface area contributed by atoms with E-state index in [1.54, 1.807) is 6.07 Å². The molecule has 0 radical (unpaired) electrons. The average molecular weight is 272 g/mol. The Hall–Kier alpha value is -0.980. The summed E-state index contributed by atoms with van der Waals surface area (Å²) in [6.45, 7) is 1.90. The summed E-state index contributed by atoms with van der Waals surface area (Å²) in [7, 11) is -3.39. The van der Waals surface area contributed by atoms with E-state index in [9.17, 15) is 8.42 Å². The van der Waals surface area contributed by atoms with Crippen LogP contribution >= 0.6 is 0 Å². The van der Waals surface area contributed by atoms with Gasteiger partial charge >= 0.3 is 0 Å². The van der Waals surface area contributed by atoms with Gasteiger partial charge in [-0.05, 0) is 24.5 Å². The summed E-state index contributed by atoms with van der Waals surface area (Å²) >= 11 is 0. The number of aliphatic hydroxyl groups is 1. The van der Waals surface area contributed by atoms with Crippen molar-refractivity contribution in [2.24, 2.45) is 5.73 Å². The van der Waals surface area contributed by atoms with Crippen molar-refractivity contribution in [3.05, 3.63) is 23.9 Å². The predicted molar refractivity (Wildman–Crippen MR) is 69.8 cm³/mol. The minimum atomic E-state index is -3.39. The maximum atomic E-state index is 11.8. The zero-order valence-corrected chi connectivity index (χ0v) is 11.4. The molecule has 0 aliphatic carbocycles. The fourth-order valence-corrected chi connectivity index (χ4v) is 2.84.